The lowest BCUT2D eigenvalue weighted by Crippen LogP contribution is -2.34. The van der Waals surface area contributed by atoms with Crippen LogP contribution in [-0.2, 0) is 4.79 Å². The predicted octanol–water partition coefficient (Wildman–Crippen LogP) is 6.19. The number of carbonyl (C=O) groups is 1. The van der Waals surface area contributed by atoms with Crippen molar-refractivity contribution < 1.29 is 11.3 Å². The van der Waals surface area contributed by atoms with Crippen LogP contribution in [0.1, 0.15) is 79.4 Å². The van der Waals surface area contributed by atoms with E-state index in [9.17, 15) is 4.79 Å². The molecule has 26 heavy (non-hydrogen) atoms. The van der Waals surface area contributed by atoms with Crippen LogP contribution in [0.2, 0.25) is 0 Å². The quantitative estimate of drug-likeness (QED) is 0.239. The van der Waals surface area contributed by atoms with Crippen LogP contribution >= 0.6 is 0 Å². The molecule has 3 heteroatoms. The summed E-state index contributed by atoms with van der Waals surface area (Å²) in [4.78, 5) is 10.6. The average Bonchev–Trinajstić information content (AvgIpc) is 2.66. The van der Waals surface area contributed by atoms with Gasteiger partial charge in [0.2, 0.25) is 0 Å². The molecule has 0 radical (unpaired) electrons. The molecule has 0 bridgehead atoms. The zero-order valence-corrected chi connectivity index (χ0v) is 16.5. The summed E-state index contributed by atoms with van der Waals surface area (Å²) in [5.74, 6) is -0.792. The van der Waals surface area contributed by atoms with E-state index in [1.807, 2.05) is 0 Å². The first-order valence-corrected chi connectivity index (χ1v) is 10.0. The molecular formula is C23H39NO2. The van der Waals surface area contributed by atoms with E-state index in [1.165, 1.54) is 12.8 Å². The van der Waals surface area contributed by atoms with Gasteiger partial charge in [-0.25, -0.2) is 0 Å². The monoisotopic (exact) mass is 362 g/mol. The minimum absolute atomic E-state index is 0.458. The van der Waals surface area contributed by atoms with Gasteiger partial charge in [0.25, 0.3) is 0 Å². The Bertz CT molecular complexity index is 455. The second kappa shape index (κ2) is 19.7. The Hall–Kier alpha value is -1.61. The molecule has 0 fully saturated rings. The van der Waals surface area contributed by atoms with E-state index >= 15 is 0 Å². The van der Waals surface area contributed by atoms with Crippen LogP contribution in [0.3, 0.4) is 0 Å². The van der Waals surface area contributed by atoms with Gasteiger partial charge in [0, 0.05) is 1.37 Å². The van der Waals surface area contributed by atoms with E-state index in [0.29, 0.717) is 6.90 Å². The van der Waals surface area contributed by atoms with Crippen molar-refractivity contribution in [1.82, 2.24) is 5.32 Å². The third-order valence-corrected chi connectivity index (χ3v) is 3.97. The van der Waals surface area contributed by atoms with Crippen molar-refractivity contribution in [3.8, 4) is 0 Å². The van der Waals surface area contributed by atoms with E-state index in [4.69, 9.17) is 6.48 Å². The number of hydrogen-bond acceptors (Lipinski definition) is 2. The second-order valence-electron chi connectivity index (χ2n) is 6.45. The maximum atomic E-state index is 10.6. The van der Waals surface area contributed by atoms with Crippen molar-refractivity contribution in [2.75, 3.05) is 6.54 Å². The Morgan fingerprint density at radius 3 is 1.88 bits per heavy atom. The van der Waals surface area contributed by atoms with Crippen molar-refractivity contribution in [3.05, 3.63) is 48.6 Å². The van der Waals surface area contributed by atoms with Crippen molar-refractivity contribution in [2.24, 2.45) is 0 Å². The summed E-state index contributed by atoms with van der Waals surface area (Å²) in [6.45, 7) is 2.99. The Labute approximate surface area is 162 Å². The number of nitrogens with one attached hydrogen (secondary N) is 1. The molecule has 0 aromatic heterocycles. The number of aliphatic carboxylic acids is 1. The first kappa shape index (κ1) is 22.4. The van der Waals surface area contributed by atoms with Gasteiger partial charge in [-0.05, 0) is 64.8 Å². The topological polar surface area (TPSA) is 49.3 Å². The summed E-state index contributed by atoms with van der Waals surface area (Å²) in [7, 11) is 0. The lowest BCUT2D eigenvalue weighted by Gasteiger charge is -2.07. The molecule has 0 aliphatic carbocycles. The van der Waals surface area contributed by atoms with E-state index in [2.05, 4.69) is 53.9 Å². The highest BCUT2D eigenvalue weighted by Crippen LogP contribution is 2.01. The lowest BCUT2D eigenvalue weighted by atomic mass is 10.2. The molecule has 0 spiro atoms. The molecule has 0 heterocycles. The van der Waals surface area contributed by atoms with Gasteiger partial charge in [0.05, 0.1) is 0 Å². The van der Waals surface area contributed by atoms with E-state index < -0.39 is 12.0 Å². The zero-order valence-electron chi connectivity index (χ0n) is 17.5. The van der Waals surface area contributed by atoms with Crippen LogP contribution in [0.15, 0.2) is 48.6 Å². The minimum atomic E-state index is -0.792. The fraction of sp³-hybridized carbons (Fsp3) is 0.609. The fourth-order valence-electron chi connectivity index (χ4n) is 2.28. The first-order valence-electron chi connectivity index (χ1n) is 10.7. The maximum absolute atomic E-state index is 10.6. The molecule has 0 aliphatic heterocycles. The standard InChI is InChI=1S/C23H39NO2/c1-3-4-5-6-7-8-9-10-11-12-13-14-15-16-17-18-19-20-21-24-22(2)23(25)26/h7-8,10-11,13-14,16-17,22,24H,3-6,9,12,15,18-21H2,1-2H3,(H,25,26)/b8-7-,11-10-,14-13-,17-16-/t22-/m0/s1/i1D. The Morgan fingerprint density at radius 2 is 1.38 bits per heavy atom. The van der Waals surface area contributed by atoms with E-state index in [0.717, 1.165) is 57.9 Å². The van der Waals surface area contributed by atoms with Gasteiger partial charge in [0.1, 0.15) is 6.04 Å². The molecule has 0 aromatic rings. The van der Waals surface area contributed by atoms with Crippen LogP contribution in [0.5, 0.6) is 0 Å². The highest BCUT2D eigenvalue weighted by Gasteiger charge is 2.07. The first-order chi connectivity index (χ1) is 13.2. The fourth-order valence-corrected chi connectivity index (χ4v) is 2.28. The molecule has 0 rings (SSSR count). The highest BCUT2D eigenvalue weighted by molar-refractivity contribution is 5.72. The summed E-state index contributed by atoms with van der Waals surface area (Å²) >= 11 is 0. The lowest BCUT2D eigenvalue weighted by molar-refractivity contribution is -0.138. The van der Waals surface area contributed by atoms with Crippen molar-refractivity contribution in [1.29, 1.82) is 0 Å². The zero-order chi connectivity index (χ0) is 20.0. The second-order valence-corrected chi connectivity index (χ2v) is 6.45. The van der Waals surface area contributed by atoms with E-state index in [1.54, 1.807) is 6.92 Å². The molecule has 0 amide bonds. The minimum Gasteiger partial charge on any atom is -0.480 e. The van der Waals surface area contributed by atoms with Crippen LogP contribution < -0.4 is 5.32 Å². The number of carboxylic acid groups (broad SMARTS) is 1. The molecule has 1 atom stereocenters. The third-order valence-electron chi connectivity index (χ3n) is 3.97. The van der Waals surface area contributed by atoms with Gasteiger partial charge in [-0.1, -0.05) is 68.3 Å². The third kappa shape index (κ3) is 18.7. The SMILES string of the molecule is [2H]CCCCC/C=C\C/C=C\C/C=C\C/C=C\CCCCN[C@@H](C)C(=O)O. The van der Waals surface area contributed by atoms with Gasteiger partial charge >= 0.3 is 5.97 Å². The summed E-state index contributed by atoms with van der Waals surface area (Å²) < 4.78 is 7.08. The summed E-state index contributed by atoms with van der Waals surface area (Å²) in [5.41, 5.74) is 0. The molecule has 0 aromatic carbocycles. The summed E-state index contributed by atoms with van der Waals surface area (Å²) in [6.07, 6.45) is 28.3. The molecule has 2 N–H and O–H groups in total. The van der Waals surface area contributed by atoms with Gasteiger partial charge < -0.3 is 10.4 Å². The average molecular weight is 363 g/mol. The molecule has 0 saturated heterocycles. The maximum Gasteiger partial charge on any atom is 0.320 e. The van der Waals surface area contributed by atoms with Crippen LogP contribution in [-0.4, -0.2) is 23.7 Å². The van der Waals surface area contributed by atoms with Crippen LogP contribution in [0.25, 0.3) is 0 Å². The largest absolute Gasteiger partial charge is 0.480 e. The number of rotatable bonds is 17. The van der Waals surface area contributed by atoms with Crippen molar-refractivity contribution in [3.63, 3.8) is 0 Å². The molecular weight excluding hydrogens is 322 g/mol. The van der Waals surface area contributed by atoms with Gasteiger partial charge in [-0.15, -0.1) is 0 Å². The number of allylic oxidation sites excluding steroid dienone is 8. The molecule has 148 valence electrons. The Kier molecular flexibility index (Phi) is 17.0. The molecule has 0 unspecified atom stereocenters. The summed E-state index contributed by atoms with van der Waals surface area (Å²) in [5, 5.41) is 11.7. The Morgan fingerprint density at radius 1 is 0.885 bits per heavy atom. The molecule has 0 aliphatic rings. The Balaban J connectivity index is 3.42. The highest BCUT2D eigenvalue weighted by atomic mass is 16.4. The van der Waals surface area contributed by atoms with Crippen molar-refractivity contribution in [2.45, 2.75) is 84.1 Å². The van der Waals surface area contributed by atoms with E-state index in [-0.39, 0.29) is 0 Å². The van der Waals surface area contributed by atoms with Crippen LogP contribution in [0.4, 0.5) is 0 Å². The van der Waals surface area contributed by atoms with Crippen LogP contribution in [0, 0.1) is 0 Å². The molecule has 3 nitrogen and oxygen atoms in total. The molecule has 0 saturated carbocycles. The van der Waals surface area contributed by atoms with Gasteiger partial charge in [-0.3, -0.25) is 4.79 Å². The number of unbranched alkanes of at least 4 members (excludes halogenated alkanes) is 5. The normalized spacial score (nSPS) is 14.1. The predicted molar refractivity (Wildman–Crippen MR) is 114 cm³/mol. The van der Waals surface area contributed by atoms with Gasteiger partial charge in [0.15, 0.2) is 0 Å². The number of carboxylic acids is 1. The van der Waals surface area contributed by atoms with Gasteiger partial charge in [-0.2, -0.15) is 0 Å². The smallest absolute Gasteiger partial charge is 0.320 e. The summed E-state index contributed by atoms with van der Waals surface area (Å²) in [6, 6.07) is -0.458. The van der Waals surface area contributed by atoms with Crippen molar-refractivity contribution >= 4 is 5.97 Å². The number of hydrogen-bond donors (Lipinski definition) is 2.